The summed E-state index contributed by atoms with van der Waals surface area (Å²) in [5, 5.41) is 5.54. The van der Waals surface area contributed by atoms with Crippen molar-refractivity contribution in [2.45, 2.75) is 70.1 Å². The van der Waals surface area contributed by atoms with Crippen molar-refractivity contribution in [2.75, 3.05) is 13.2 Å². The van der Waals surface area contributed by atoms with Crippen molar-refractivity contribution in [3.8, 4) is 0 Å². The van der Waals surface area contributed by atoms with Gasteiger partial charge in [-0.25, -0.2) is 0 Å². The second-order valence-corrected chi connectivity index (χ2v) is 11.6. The highest BCUT2D eigenvalue weighted by Gasteiger charge is 2.40. The zero-order valence-electron chi connectivity index (χ0n) is 20.7. The molecule has 1 atom stereocenters. The van der Waals surface area contributed by atoms with E-state index in [1.54, 1.807) is 11.9 Å². The summed E-state index contributed by atoms with van der Waals surface area (Å²) in [5.74, 6) is 0. The summed E-state index contributed by atoms with van der Waals surface area (Å²) in [6.07, 6.45) is 6.39. The number of nitrogens with one attached hydrogen (secondary N) is 1. The second kappa shape index (κ2) is 10.6. The number of aryl methyl sites for hydroxylation is 1. The first-order valence-electron chi connectivity index (χ1n) is 12.7. The summed E-state index contributed by atoms with van der Waals surface area (Å²) in [7, 11) is 0. The van der Waals surface area contributed by atoms with Crippen LogP contribution in [0.25, 0.3) is 10.9 Å². The van der Waals surface area contributed by atoms with E-state index in [-0.39, 0.29) is 11.7 Å². The fourth-order valence-electron chi connectivity index (χ4n) is 4.47. The van der Waals surface area contributed by atoms with Crippen LogP contribution in [-0.4, -0.2) is 23.5 Å². The van der Waals surface area contributed by atoms with E-state index in [2.05, 4.69) is 72.2 Å². The average Bonchev–Trinajstić information content (AvgIpc) is 3.53. The van der Waals surface area contributed by atoms with Crippen molar-refractivity contribution in [3.63, 3.8) is 0 Å². The van der Waals surface area contributed by atoms with E-state index in [1.807, 2.05) is 0 Å². The minimum absolute atomic E-state index is 0.0775. The van der Waals surface area contributed by atoms with Crippen LogP contribution in [0.15, 0.2) is 59.6 Å². The van der Waals surface area contributed by atoms with Crippen LogP contribution in [0.5, 0.6) is 0 Å². The molecule has 2 aromatic carbocycles. The smallest absolute Gasteiger partial charge is 0.157 e. The molecule has 1 aliphatic heterocycles. The van der Waals surface area contributed by atoms with Crippen LogP contribution in [0, 0.1) is 12.3 Å². The molecule has 1 aliphatic carbocycles. The van der Waals surface area contributed by atoms with Gasteiger partial charge in [0.2, 0.25) is 0 Å². The van der Waals surface area contributed by atoms with Crippen LogP contribution in [0.2, 0.25) is 5.02 Å². The predicted molar refractivity (Wildman–Crippen MR) is 146 cm³/mol. The number of benzene rings is 2. The van der Waals surface area contributed by atoms with Crippen LogP contribution in [0.1, 0.15) is 55.8 Å². The zero-order valence-corrected chi connectivity index (χ0v) is 22.3. The Kier molecular flexibility index (Phi) is 7.50. The van der Waals surface area contributed by atoms with Crippen LogP contribution >= 0.6 is 23.5 Å². The third-order valence-electron chi connectivity index (χ3n) is 7.24. The van der Waals surface area contributed by atoms with Crippen molar-refractivity contribution >= 4 is 34.5 Å². The summed E-state index contributed by atoms with van der Waals surface area (Å²) < 4.78 is 14.0. The Morgan fingerprint density at radius 3 is 2.74 bits per heavy atom. The lowest BCUT2D eigenvalue weighted by Crippen LogP contribution is -2.23. The Labute approximate surface area is 218 Å². The van der Waals surface area contributed by atoms with Crippen LogP contribution in [0.4, 0.5) is 0 Å². The van der Waals surface area contributed by atoms with E-state index in [0.29, 0.717) is 6.61 Å². The number of rotatable bonds is 10. The molecule has 3 aromatic rings. The Bertz CT molecular complexity index is 1190. The minimum atomic E-state index is -0.0775. The average molecular weight is 511 g/mol. The molecule has 1 unspecified atom stereocenters. The van der Waals surface area contributed by atoms with Gasteiger partial charge in [-0.2, -0.15) is 0 Å². The fourth-order valence-corrected chi connectivity index (χ4v) is 5.70. The Balaban J connectivity index is 1.39. The number of ether oxygens (including phenoxy) is 2. The molecule has 0 radical (unpaired) electrons. The van der Waals surface area contributed by atoms with Gasteiger partial charge in [0, 0.05) is 33.0 Å². The standard InChI is InChI=1S/C29H35ClN2O2S/c1-20-7-9-25(10-8-20)35-32-24(19-31-21(2)29(3)12-13-29)16-23-17-26(30)22(18-27(23)32)11-15-34-28-6-4-5-14-33-28/h7-10,16-18,28,31H,2,4-6,11-15,19H2,1,3H3. The lowest BCUT2D eigenvalue weighted by atomic mass is 10.1. The first-order chi connectivity index (χ1) is 16.9. The Morgan fingerprint density at radius 2 is 2.03 bits per heavy atom. The fraction of sp³-hybridized carbons (Fsp3) is 0.448. The molecular formula is C29H35ClN2O2S. The molecule has 1 saturated heterocycles. The van der Waals surface area contributed by atoms with Gasteiger partial charge in [-0.05, 0) is 93.3 Å². The molecule has 186 valence electrons. The highest BCUT2D eigenvalue weighted by molar-refractivity contribution is 7.98. The summed E-state index contributed by atoms with van der Waals surface area (Å²) in [6.45, 7) is 10.8. The van der Waals surface area contributed by atoms with Crippen molar-refractivity contribution < 1.29 is 9.47 Å². The van der Waals surface area contributed by atoms with E-state index in [0.717, 1.165) is 54.1 Å². The maximum absolute atomic E-state index is 6.73. The van der Waals surface area contributed by atoms with Gasteiger partial charge in [0.1, 0.15) is 0 Å². The quantitative estimate of drug-likeness (QED) is 0.304. The minimum Gasteiger partial charge on any atom is -0.383 e. The SMILES string of the molecule is C=C(NCc1cc2cc(Cl)c(CCOC3CCCCO3)cc2n1Sc1ccc(C)cc1)C1(C)CC1. The molecule has 2 fully saturated rings. The summed E-state index contributed by atoms with van der Waals surface area (Å²) in [4.78, 5) is 1.21. The third kappa shape index (κ3) is 5.91. The molecule has 1 N–H and O–H groups in total. The van der Waals surface area contributed by atoms with Gasteiger partial charge in [-0.3, -0.25) is 3.97 Å². The van der Waals surface area contributed by atoms with E-state index in [9.17, 15) is 0 Å². The summed E-state index contributed by atoms with van der Waals surface area (Å²) >= 11 is 8.47. The third-order valence-corrected chi connectivity index (χ3v) is 8.69. The number of halogens is 1. The van der Waals surface area contributed by atoms with Crippen molar-refractivity contribution in [1.82, 2.24) is 9.29 Å². The van der Waals surface area contributed by atoms with Gasteiger partial charge in [0.15, 0.2) is 6.29 Å². The van der Waals surface area contributed by atoms with Gasteiger partial charge in [0.05, 0.1) is 24.4 Å². The van der Waals surface area contributed by atoms with E-state index in [1.165, 1.54) is 40.9 Å². The maximum atomic E-state index is 6.73. The van der Waals surface area contributed by atoms with Crippen molar-refractivity contribution in [3.05, 3.63) is 76.6 Å². The predicted octanol–water partition coefficient (Wildman–Crippen LogP) is 7.65. The highest BCUT2D eigenvalue weighted by Crippen LogP contribution is 2.49. The lowest BCUT2D eigenvalue weighted by molar-refractivity contribution is -0.161. The Hall–Kier alpha value is -1.92. The monoisotopic (exact) mass is 510 g/mol. The first kappa shape index (κ1) is 24.8. The van der Waals surface area contributed by atoms with E-state index >= 15 is 0 Å². The topological polar surface area (TPSA) is 35.4 Å². The maximum Gasteiger partial charge on any atom is 0.157 e. The van der Waals surface area contributed by atoms with E-state index in [4.69, 9.17) is 21.1 Å². The lowest BCUT2D eigenvalue weighted by Gasteiger charge is -2.22. The molecule has 2 heterocycles. The van der Waals surface area contributed by atoms with Gasteiger partial charge in [-0.1, -0.05) is 42.8 Å². The number of aromatic nitrogens is 1. The molecule has 35 heavy (non-hydrogen) atoms. The molecule has 0 amide bonds. The van der Waals surface area contributed by atoms with Crippen LogP contribution in [0.3, 0.4) is 0 Å². The van der Waals surface area contributed by atoms with Gasteiger partial charge >= 0.3 is 0 Å². The molecular weight excluding hydrogens is 476 g/mol. The van der Waals surface area contributed by atoms with Crippen LogP contribution in [-0.2, 0) is 22.4 Å². The number of fused-ring (bicyclic) bond motifs is 1. The molecule has 1 saturated carbocycles. The molecule has 0 spiro atoms. The molecule has 4 nitrogen and oxygen atoms in total. The van der Waals surface area contributed by atoms with Crippen molar-refractivity contribution in [1.29, 1.82) is 0 Å². The first-order valence-corrected chi connectivity index (χ1v) is 13.8. The van der Waals surface area contributed by atoms with E-state index < -0.39 is 0 Å². The van der Waals surface area contributed by atoms with Gasteiger partial charge < -0.3 is 14.8 Å². The van der Waals surface area contributed by atoms with Gasteiger partial charge in [-0.15, -0.1) is 0 Å². The number of nitrogens with zero attached hydrogens (tertiary/aromatic N) is 1. The normalized spacial score (nSPS) is 19.1. The summed E-state index contributed by atoms with van der Waals surface area (Å²) in [6, 6.07) is 15.3. The molecule has 2 aliphatic rings. The molecule has 0 bridgehead atoms. The highest BCUT2D eigenvalue weighted by atomic mass is 35.5. The Morgan fingerprint density at radius 1 is 1.23 bits per heavy atom. The molecule has 1 aromatic heterocycles. The zero-order chi connectivity index (χ0) is 24.4. The molecule has 5 rings (SSSR count). The largest absolute Gasteiger partial charge is 0.383 e. The number of hydrogen-bond acceptors (Lipinski definition) is 4. The molecule has 6 heteroatoms. The van der Waals surface area contributed by atoms with Crippen molar-refractivity contribution in [2.24, 2.45) is 5.41 Å². The number of allylic oxidation sites excluding steroid dienone is 1. The van der Waals surface area contributed by atoms with Gasteiger partial charge in [0.25, 0.3) is 0 Å². The summed E-state index contributed by atoms with van der Waals surface area (Å²) in [5.41, 5.74) is 6.13. The van der Waals surface area contributed by atoms with Crippen LogP contribution < -0.4 is 5.32 Å². The second-order valence-electron chi connectivity index (χ2n) is 10.1. The number of hydrogen-bond donors (Lipinski definition) is 1.